The van der Waals surface area contributed by atoms with E-state index in [1.807, 2.05) is 0 Å². The van der Waals surface area contributed by atoms with Crippen LogP contribution in [0.25, 0.3) is 0 Å². The Morgan fingerprint density at radius 3 is 2.54 bits per heavy atom. The van der Waals surface area contributed by atoms with Crippen LogP contribution in [0.4, 0.5) is 0 Å². The van der Waals surface area contributed by atoms with E-state index < -0.39 is 0 Å². The van der Waals surface area contributed by atoms with Gasteiger partial charge < -0.3 is 17.2 Å². The average Bonchev–Trinajstić information content (AvgIpc) is 2.08. The number of hydrogen-bond acceptors (Lipinski definition) is 4. The third-order valence-electron chi connectivity index (χ3n) is 2.16. The fourth-order valence-corrected chi connectivity index (χ4v) is 1.51. The second kappa shape index (κ2) is 4.13. The Balaban J connectivity index is 2.58. The molecule has 1 saturated heterocycles. The van der Waals surface area contributed by atoms with Crippen molar-refractivity contribution in [3.8, 4) is 0 Å². The first-order valence-corrected chi connectivity index (χ1v) is 4.33. The number of nitrogens with two attached hydrogens (primary N) is 3. The molecule has 1 aliphatic heterocycles. The molecule has 5 nitrogen and oxygen atoms in total. The molecule has 0 aromatic carbocycles. The van der Waals surface area contributed by atoms with E-state index in [4.69, 9.17) is 17.2 Å². The Bertz CT molecular complexity index is 217. The van der Waals surface area contributed by atoms with Gasteiger partial charge in [0.2, 0.25) is 0 Å². The van der Waals surface area contributed by atoms with Gasteiger partial charge in [0.15, 0.2) is 0 Å². The summed E-state index contributed by atoms with van der Waals surface area (Å²) in [6.07, 6.45) is 2.47. The summed E-state index contributed by atoms with van der Waals surface area (Å²) in [6.45, 7) is 4.18. The second-order valence-electron chi connectivity index (χ2n) is 3.40. The van der Waals surface area contributed by atoms with Gasteiger partial charge in [0.05, 0.1) is 12.0 Å². The lowest BCUT2D eigenvalue weighted by Gasteiger charge is -2.41. The fourth-order valence-electron chi connectivity index (χ4n) is 1.51. The number of hydrogen-bond donors (Lipinski definition) is 3. The van der Waals surface area contributed by atoms with E-state index in [1.165, 1.54) is 12.5 Å². The lowest BCUT2D eigenvalue weighted by molar-refractivity contribution is 0.0812. The second-order valence-corrected chi connectivity index (χ2v) is 3.40. The summed E-state index contributed by atoms with van der Waals surface area (Å²) in [7, 11) is 0. The van der Waals surface area contributed by atoms with E-state index in [0.717, 1.165) is 13.1 Å². The van der Waals surface area contributed by atoms with Crippen LogP contribution in [0.5, 0.6) is 0 Å². The van der Waals surface area contributed by atoms with Crippen molar-refractivity contribution in [2.24, 2.45) is 28.1 Å². The molecule has 1 heterocycles. The highest BCUT2D eigenvalue weighted by atomic mass is 15.3. The first-order chi connectivity index (χ1) is 6.19. The minimum atomic E-state index is -0.175. The molecule has 6 N–H and O–H groups in total. The van der Waals surface area contributed by atoms with E-state index >= 15 is 0 Å². The molecule has 1 unspecified atom stereocenters. The van der Waals surface area contributed by atoms with Gasteiger partial charge in [-0.05, 0) is 5.92 Å². The summed E-state index contributed by atoms with van der Waals surface area (Å²) in [5, 5.41) is 0. The molecule has 1 aliphatic rings. The van der Waals surface area contributed by atoms with Crippen LogP contribution in [0.15, 0.2) is 16.9 Å². The van der Waals surface area contributed by atoms with Crippen LogP contribution in [0.3, 0.4) is 0 Å². The number of nitrogens with zero attached hydrogens (tertiary/aromatic N) is 2. The average molecular weight is 183 g/mol. The Hall–Kier alpha value is -1.23. The molecule has 1 rings (SSSR count). The van der Waals surface area contributed by atoms with Crippen LogP contribution >= 0.6 is 0 Å². The smallest absolute Gasteiger partial charge is 0.145 e. The van der Waals surface area contributed by atoms with Crippen molar-refractivity contribution in [2.75, 3.05) is 13.1 Å². The van der Waals surface area contributed by atoms with Crippen molar-refractivity contribution >= 4 is 6.34 Å². The zero-order valence-corrected chi connectivity index (χ0v) is 7.85. The minimum Gasteiger partial charge on any atom is -0.403 e. The van der Waals surface area contributed by atoms with Crippen LogP contribution in [0.1, 0.15) is 6.92 Å². The molecule has 13 heavy (non-hydrogen) atoms. The van der Waals surface area contributed by atoms with Gasteiger partial charge in [0.1, 0.15) is 6.17 Å². The fraction of sp³-hybridized carbons (Fsp3) is 0.625. The highest BCUT2D eigenvalue weighted by molar-refractivity contribution is 5.52. The molecule has 0 bridgehead atoms. The van der Waals surface area contributed by atoms with Crippen LogP contribution < -0.4 is 17.2 Å². The SMILES string of the molecule is CC1CN(C(N=CN)/C(N)=C/N)C1. The number of aliphatic imine (C=N–C) groups is 1. The molecule has 0 amide bonds. The number of likely N-dealkylation sites (tertiary alicyclic amines) is 1. The van der Waals surface area contributed by atoms with Gasteiger partial charge in [-0.25, -0.2) is 0 Å². The molecule has 74 valence electrons. The first kappa shape index (κ1) is 9.85. The Labute approximate surface area is 78.3 Å². The monoisotopic (exact) mass is 183 g/mol. The van der Waals surface area contributed by atoms with Crippen molar-refractivity contribution in [1.82, 2.24) is 4.90 Å². The van der Waals surface area contributed by atoms with Gasteiger partial charge in [0.25, 0.3) is 0 Å². The highest BCUT2D eigenvalue weighted by Gasteiger charge is 2.30. The molecule has 0 aromatic heterocycles. The maximum Gasteiger partial charge on any atom is 0.145 e. The lowest BCUT2D eigenvalue weighted by atomic mass is 10.0. The molecule has 0 spiro atoms. The molecule has 0 saturated carbocycles. The van der Waals surface area contributed by atoms with E-state index in [9.17, 15) is 0 Å². The van der Waals surface area contributed by atoms with Gasteiger partial charge in [-0.2, -0.15) is 0 Å². The Kier molecular flexibility index (Phi) is 3.13. The van der Waals surface area contributed by atoms with Gasteiger partial charge in [-0.1, -0.05) is 6.92 Å². The molecule has 0 aliphatic carbocycles. The first-order valence-electron chi connectivity index (χ1n) is 4.33. The summed E-state index contributed by atoms with van der Waals surface area (Å²) >= 11 is 0. The van der Waals surface area contributed by atoms with Crippen molar-refractivity contribution in [1.29, 1.82) is 0 Å². The summed E-state index contributed by atoms with van der Waals surface area (Å²) in [5.74, 6) is 0.709. The van der Waals surface area contributed by atoms with Crippen LogP contribution in [-0.2, 0) is 0 Å². The zero-order valence-electron chi connectivity index (χ0n) is 7.85. The summed E-state index contributed by atoms with van der Waals surface area (Å²) < 4.78 is 0. The minimum absolute atomic E-state index is 0.175. The van der Waals surface area contributed by atoms with Crippen LogP contribution in [-0.4, -0.2) is 30.5 Å². The van der Waals surface area contributed by atoms with E-state index in [1.54, 1.807) is 0 Å². The van der Waals surface area contributed by atoms with Gasteiger partial charge in [-0.15, -0.1) is 0 Å². The standard InChI is InChI=1S/C8H17N5/c1-6-3-13(4-6)8(12-5-10)7(11)2-9/h2,5-6,8H,3-4,9,11H2,1H3,(H2,10,12)/b7-2-. The summed E-state index contributed by atoms with van der Waals surface area (Å²) in [6, 6.07) is 0. The van der Waals surface area contributed by atoms with Crippen molar-refractivity contribution < 1.29 is 0 Å². The largest absolute Gasteiger partial charge is 0.403 e. The molecule has 0 aromatic rings. The highest BCUT2D eigenvalue weighted by Crippen LogP contribution is 2.20. The van der Waals surface area contributed by atoms with Crippen LogP contribution in [0.2, 0.25) is 0 Å². The van der Waals surface area contributed by atoms with Gasteiger partial charge >= 0.3 is 0 Å². The maximum absolute atomic E-state index is 5.68. The van der Waals surface area contributed by atoms with Gasteiger partial charge in [0, 0.05) is 19.3 Å². The molecule has 1 fully saturated rings. The normalized spacial score (nSPS) is 23.3. The van der Waals surface area contributed by atoms with E-state index in [2.05, 4.69) is 16.8 Å². The van der Waals surface area contributed by atoms with Gasteiger partial charge in [-0.3, -0.25) is 9.89 Å². The Morgan fingerprint density at radius 1 is 1.54 bits per heavy atom. The molecule has 1 atom stereocenters. The summed E-state index contributed by atoms with van der Waals surface area (Å²) in [4.78, 5) is 6.19. The summed E-state index contributed by atoms with van der Waals surface area (Å²) in [5.41, 5.74) is 16.8. The van der Waals surface area contributed by atoms with Crippen molar-refractivity contribution in [2.45, 2.75) is 13.1 Å². The number of rotatable bonds is 3. The quantitative estimate of drug-likeness (QED) is 0.387. The predicted molar refractivity (Wildman–Crippen MR) is 53.7 cm³/mol. The van der Waals surface area contributed by atoms with Crippen molar-refractivity contribution in [3.63, 3.8) is 0 Å². The van der Waals surface area contributed by atoms with Crippen LogP contribution in [0, 0.1) is 5.92 Å². The third kappa shape index (κ3) is 2.12. The van der Waals surface area contributed by atoms with E-state index in [0.29, 0.717) is 11.6 Å². The van der Waals surface area contributed by atoms with E-state index in [-0.39, 0.29) is 6.17 Å². The third-order valence-corrected chi connectivity index (χ3v) is 2.16. The molecule has 0 radical (unpaired) electrons. The van der Waals surface area contributed by atoms with Crippen molar-refractivity contribution in [3.05, 3.63) is 11.9 Å². The molecular weight excluding hydrogens is 166 g/mol. The molecule has 5 heteroatoms. The Morgan fingerprint density at radius 2 is 2.15 bits per heavy atom. The molecular formula is C8H17N5. The zero-order chi connectivity index (χ0) is 9.84. The topological polar surface area (TPSA) is 93.7 Å². The predicted octanol–water partition coefficient (Wildman–Crippen LogP) is -0.990. The maximum atomic E-state index is 5.68. The lowest BCUT2D eigenvalue weighted by Crippen LogP contribution is -2.52.